The molecule has 0 saturated carbocycles. The number of aryl methyl sites for hydroxylation is 1. The number of rotatable bonds is 4. The van der Waals surface area contributed by atoms with E-state index in [2.05, 4.69) is 46.0 Å². The van der Waals surface area contributed by atoms with Crippen molar-refractivity contribution in [2.24, 2.45) is 4.99 Å². The topological polar surface area (TPSA) is 43.6 Å². The Morgan fingerprint density at radius 3 is 2.83 bits per heavy atom. The molecule has 2 aromatic heterocycles. The summed E-state index contributed by atoms with van der Waals surface area (Å²) < 4.78 is 9.29. The van der Waals surface area contributed by atoms with E-state index < -0.39 is 0 Å². The molecule has 0 spiro atoms. The number of methoxy groups -OCH3 is 1. The third kappa shape index (κ3) is 3.63. The zero-order valence-electron chi connectivity index (χ0n) is 12.7. The van der Waals surface area contributed by atoms with Crippen LogP contribution in [-0.2, 0) is 11.3 Å². The predicted molar refractivity (Wildman–Crippen MR) is 98.3 cm³/mol. The van der Waals surface area contributed by atoms with Gasteiger partial charge >= 0.3 is 0 Å². The van der Waals surface area contributed by atoms with Gasteiger partial charge in [-0.3, -0.25) is 4.79 Å². The van der Waals surface area contributed by atoms with Crippen LogP contribution in [0.3, 0.4) is 0 Å². The minimum atomic E-state index is -0.213. The minimum absolute atomic E-state index is 0.213. The standard InChI is InChI=1S/C16H15BrN2O2S2/c1-10-3-4-11-13(9-10)23-16(19(11)7-8-21-2)18-15(20)12-5-6-14(17)22-12/h3-6,9H,7-8H2,1-2H3. The van der Waals surface area contributed by atoms with E-state index in [1.54, 1.807) is 13.2 Å². The first kappa shape index (κ1) is 16.6. The van der Waals surface area contributed by atoms with E-state index in [-0.39, 0.29) is 5.91 Å². The zero-order chi connectivity index (χ0) is 16.4. The summed E-state index contributed by atoms with van der Waals surface area (Å²) in [5.41, 5.74) is 2.27. The van der Waals surface area contributed by atoms with Gasteiger partial charge in [-0.05, 0) is 52.7 Å². The van der Waals surface area contributed by atoms with Crippen LogP contribution in [0.25, 0.3) is 10.2 Å². The van der Waals surface area contributed by atoms with Crippen molar-refractivity contribution in [2.45, 2.75) is 13.5 Å². The van der Waals surface area contributed by atoms with Gasteiger partial charge in [0.1, 0.15) is 0 Å². The maximum Gasteiger partial charge on any atom is 0.289 e. The van der Waals surface area contributed by atoms with Crippen molar-refractivity contribution in [2.75, 3.05) is 13.7 Å². The molecule has 0 fully saturated rings. The van der Waals surface area contributed by atoms with Gasteiger partial charge < -0.3 is 9.30 Å². The Hall–Kier alpha value is -1.28. The van der Waals surface area contributed by atoms with Crippen molar-refractivity contribution in [3.63, 3.8) is 0 Å². The lowest BCUT2D eigenvalue weighted by molar-refractivity contribution is 0.100. The smallest absolute Gasteiger partial charge is 0.289 e. The molecule has 0 atom stereocenters. The Balaban J connectivity index is 2.11. The molecule has 0 aliphatic rings. The van der Waals surface area contributed by atoms with Gasteiger partial charge in [0, 0.05) is 13.7 Å². The van der Waals surface area contributed by atoms with Crippen LogP contribution in [0, 0.1) is 6.92 Å². The number of halogens is 1. The lowest BCUT2D eigenvalue weighted by Gasteiger charge is -2.04. The third-order valence-electron chi connectivity index (χ3n) is 3.34. The highest BCUT2D eigenvalue weighted by Gasteiger charge is 2.11. The van der Waals surface area contributed by atoms with Gasteiger partial charge in [0.2, 0.25) is 0 Å². The van der Waals surface area contributed by atoms with Crippen LogP contribution in [0.2, 0.25) is 0 Å². The number of carbonyl (C=O) groups is 1. The van der Waals surface area contributed by atoms with Gasteiger partial charge in [-0.1, -0.05) is 17.4 Å². The molecule has 3 rings (SSSR count). The van der Waals surface area contributed by atoms with Crippen LogP contribution in [0.5, 0.6) is 0 Å². The van der Waals surface area contributed by atoms with Crippen molar-refractivity contribution < 1.29 is 9.53 Å². The monoisotopic (exact) mass is 410 g/mol. The molecule has 2 heterocycles. The summed E-state index contributed by atoms with van der Waals surface area (Å²) in [5.74, 6) is -0.213. The molecule has 3 aromatic rings. The van der Waals surface area contributed by atoms with Gasteiger partial charge in [-0.15, -0.1) is 11.3 Å². The van der Waals surface area contributed by atoms with Gasteiger partial charge in [0.15, 0.2) is 4.80 Å². The number of amides is 1. The van der Waals surface area contributed by atoms with Crippen LogP contribution in [0.15, 0.2) is 39.1 Å². The summed E-state index contributed by atoms with van der Waals surface area (Å²) in [6.45, 7) is 3.30. The first-order valence-electron chi connectivity index (χ1n) is 7.02. The van der Waals surface area contributed by atoms with Gasteiger partial charge in [-0.25, -0.2) is 0 Å². The Bertz CT molecular complexity index is 924. The van der Waals surface area contributed by atoms with Gasteiger partial charge in [-0.2, -0.15) is 4.99 Å². The van der Waals surface area contributed by atoms with Crippen molar-refractivity contribution >= 4 is 54.7 Å². The highest BCUT2D eigenvalue weighted by Crippen LogP contribution is 2.23. The van der Waals surface area contributed by atoms with E-state index in [0.717, 1.165) is 14.0 Å². The SMILES string of the molecule is COCCn1c(=NC(=O)c2ccc(Br)s2)sc2cc(C)ccc21. The molecule has 0 bridgehead atoms. The number of aromatic nitrogens is 1. The lowest BCUT2D eigenvalue weighted by Crippen LogP contribution is -2.19. The van der Waals surface area contributed by atoms with Gasteiger partial charge in [0.25, 0.3) is 5.91 Å². The second-order valence-corrected chi connectivity index (χ2v) is 8.49. The summed E-state index contributed by atoms with van der Waals surface area (Å²) in [7, 11) is 1.67. The van der Waals surface area contributed by atoms with Gasteiger partial charge in [0.05, 0.1) is 25.5 Å². The summed E-state index contributed by atoms with van der Waals surface area (Å²) in [5, 5.41) is 0. The third-order valence-corrected chi connectivity index (χ3v) is 5.99. The summed E-state index contributed by atoms with van der Waals surface area (Å²) >= 11 is 6.30. The largest absolute Gasteiger partial charge is 0.383 e. The first-order chi connectivity index (χ1) is 11.1. The first-order valence-corrected chi connectivity index (χ1v) is 9.44. The summed E-state index contributed by atoms with van der Waals surface area (Å²) in [4.78, 5) is 18.1. The highest BCUT2D eigenvalue weighted by atomic mass is 79.9. The fraction of sp³-hybridized carbons (Fsp3) is 0.250. The van der Waals surface area contributed by atoms with Crippen molar-refractivity contribution in [3.8, 4) is 0 Å². The molecule has 7 heteroatoms. The molecule has 23 heavy (non-hydrogen) atoms. The number of hydrogen-bond acceptors (Lipinski definition) is 4. The Morgan fingerprint density at radius 1 is 1.30 bits per heavy atom. The number of fused-ring (bicyclic) bond motifs is 1. The fourth-order valence-corrected chi connectivity index (χ4v) is 4.66. The summed E-state index contributed by atoms with van der Waals surface area (Å²) in [6.07, 6.45) is 0. The molecule has 4 nitrogen and oxygen atoms in total. The number of carbonyl (C=O) groups excluding carboxylic acids is 1. The molecule has 0 N–H and O–H groups in total. The number of benzene rings is 1. The molecular weight excluding hydrogens is 396 g/mol. The van der Waals surface area contributed by atoms with E-state index in [9.17, 15) is 4.79 Å². The number of thiazole rings is 1. The van der Waals surface area contributed by atoms with E-state index in [1.807, 2.05) is 10.6 Å². The van der Waals surface area contributed by atoms with Crippen LogP contribution in [-0.4, -0.2) is 24.2 Å². The molecule has 0 aliphatic carbocycles. The minimum Gasteiger partial charge on any atom is -0.383 e. The van der Waals surface area contributed by atoms with Crippen LogP contribution < -0.4 is 4.80 Å². The van der Waals surface area contributed by atoms with E-state index in [1.165, 1.54) is 28.2 Å². The summed E-state index contributed by atoms with van der Waals surface area (Å²) in [6, 6.07) is 9.91. The van der Waals surface area contributed by atoms with E-state index >= 15 is 0 Å². The molecule has 0 unspecified atom stereocenters. The molecular formula is C16H15BrN2O2S2. The Labute approximate surface area is 150 Å². The molecule has 0 saturated heterocycles. The van der Waals surface area contributed by atoms with Crippen molar-refractivity contribution in [1.29, 1.82) is 0 Å². The molecule has 1 amide bonds. The average molecular weight is 411 g/mol. The van der Waals surface area contributed by atoms with Crippen LogP contribution in [0.1, 0.15) is 15.2 Å². The molecule has 0 radical (unpaired) electrons. The van der Waals surface area contributed by atoms with Crippen molar-refractivity contribution in [1.82, 2.24) is 4.57 Å². The average Bonchev–Trinajstić information content (AvgIpc) is 3.08. The number of ether oxygens (including phenoxy) is 1. The normalized spacial score (nSPS) is 12.2. The molecule has 1 aromatic carbocycles. The quantitative estimate of drug-likeness (QED) is 0.645. The second kappa shape index (κ2) is 7.09. The Kier molecular flexibility index (Phi) is 5.11. The highest BCUT2D eigenvalue weighted by molar-refractivity contribution is 9.11. The lowest BCUT2D eigenvalue weighted by atomic mass is 10.2. The zero-order valence-corrected chi connectivity index (χ0v) is 15.9. The van der Waals surface area contributed by atoms with E-state index in [0.29, 0.717) is 22.8 Å². The maximum absolute atomic E-state index is 12.4. The Morgan fingerprint density at radius 2 is 2.13 bits per heavy atom. The van der Waals surface area contributed by atoms with Crippen LogP contribution >= 0.6 is 38.6 Å². The predicted octanol–water partition coefficient (Wildman–Crippen LogP) is 4.22. The number of hydrogen-bond donors (Lipinski definition) is 0. The molecule has 0 aliphatic heterocycles. The maximum atomic E-state index is 12.4. The fourth-order valence-electron chi connectivity index (χ4n) is 2.24. The number of thiophene rings is 1. The number of nitrogens with zero attached hydrogens (tertiary/aromatic N) is 2. The van der Waals surface area contributed by atoms with E-state index in [4.69, 9.17) is 4.74 Å². The second-order valence-electron chi connectivity index (χ2n) is 5.02. The molecule has 120 valence electrons. The van der Waals surface area contributed by atoms with Crippen LogP contribution in [0.4, 0.5) is 0 Å². The van der Waals surface area contributed by atoms with Crippen molar-refractivity contribution in [3.05, 3.63) is 49.4 Å².